The van der Waals surface area contributed by atoms with Crippen molar-refractivity contribution in [2.75, 3.05) is 0 Å². The fraction of sp³-hybridized carbons (Fsp3) is 0.100. The van der Waals surface area contributed by atoms with E-state index in [0.717, 1.165) is 27.0 Å². The quantitative estimate of drug-likeness (QED) is 0.619. The van der Waals surface area contributed by atoms with Gasteiger partial charge in [-0.1, -0.05) is 39.7 Å². The number of nitrogens with zero attached hydrogens (tertiary/aromatic N) is 3. The Balaban J connectivity index is 1.93. The smallest absolute Gasteiger partial charge is 0.229 e. The molecule has 0 spiro atoms. The van der Waals surface area contributed by atoms with Crippen LogP contribution in [0.4, 0.5) is 0 Å². The van der Waals surface area contributed by atoms with Crippen LogP contribution in [-0.4, -0.2) is 9.78 Å². The van der Waals surface area contributed by atoms with Gasteiger partial charge in [0.1, 0.15) is 11.6 Å². The number of hydrogen-bond donors (Lipinski definition) is 1. The Labute approximate surface area is 169 Å². The second-order valence-electron chi connectivity index (χ2n) is 6.17. The van der Waals surface area contributed by atoms with E-state index in [1.807, 2.05) is 43.3 Å². The van der Waals surface area contributed by atoms with Crippen LogP contribution in [-0.2, 0) is 0 Å². The molecule has 2 N–H and O–H groups in total. The molecule has 0 bridgehead atoms. The van der Waals surface area contributed by atoms with Crippen LogP contribution in [0.1, 0.15) is 22.7 Å². The predicted molar refractivity (Wildman–Crippen MR) is 107 cm³/mol. The van der Waals surface area contributed by atoms with Crippen LogP contribution in [0.15, 0.2) is 64.5 Å². The lowest BCUT2D eigenvalue weighted by atomic mass is 9.84. The van der Waals surface area contributed by atoms with E-state index in [-0.39, 0.29) is 11.8 Å². The van der Waals surface area contributed by atoms with Gasteiger partial charge in [-0.15, -0.1) is 0 Å². The Morgan fingerprint density at radius 2 is 1.85 bits per heavy atom. The van der Waals surface area contributed by atoms with Crippen molar-refractivity contribution in [3.8, 4) is 17.6 Å². The molecule has 0 fully saturated rings. The normalized spacial score (nSPS) is 15.9. The first-order chi connectivity index (χ1) is 13.0. The number of aryl methyl sites for hydroxylation is 1. The van der Waals surface area contributed by atoms with Gasteiger partial charge in [0.05, 0.1) is 22.9 Å². The number of allylic oxidation sites excluding steroid dienone is 1. The molecule has 0 radical (unpaired) electrons. The van der Waals surface area contributed by atoms with Gasteiger partial charge in [-0.3, -0.25) is 0 Å². The number of halogens is 2. The summed E-state index contributed by atoms with van der Waals surface area (Å²) in [7, 11) is 0. The fourth-order valence-corrected chi connectivity index (χ4v) is 3.65. The van der Waals surface area contributed by atoms with Gasteiger partial charge in [-0.2, -0.15) is 10.4 Å². The molecule has 0 amide bonds. The average molecular weight is 442 g/mol. The van der Waals surface area contributed by atoms with Crippen molar-refractivity contribution in [3.63, 3.8) is 0 Å². The van der Waals surface area contributed by atoms with Crippen molar-refractivity contribution < 1.29 is 4.74 Å². The summed E-state index contributed by atoms with van der Waals surface area (Å²) >= 11 is 9.47. The second-order valence-corrected chi connectivity index (χ2v) is 7.52. The van der Waals surface area contributed by atoms with Crippen molar-refractivity contribution >= 4 is 27.5 Å². The molecule has 1 aliphatic rings. The Morgan fingerprint density at radius 1 is 1.19 bits per heavy atom. The van der Waals surface area contributed by atoms with E-state index in [1.54, 1.807) is 16.8 Å². The zero-order valence-electron chi connectivity index (χ0n) is 14.3. The molecular formula is C20H14BrClN4O. The lowest BCUT2D eigenvalue weighted by Crippen LogP contribution is -2.22. The maximum Gasteiger partial charge on any atom is 0.229 e. The molecule has 27 heavy (non-hydrogen) atoms. The number of rotatable bonds is 2. The topological polar surface area (TPSA) is 76.9 Å². The zero-order chi connectivity index (χ0) is 19.1. The summed E-state index contributed by atoms with van der Waals surface area (Å²) in [6, 6.07) is 17.3. The Morgan fingerprint density at radius 3 is 2.48 bits per heavy atom. The molecule has 0 saturated carbocycles. The third-order valence-corrected chi connectivity index (χ3v) is 5.29. The summed E-state index contributed by atoms with van der Waals surface area (Å²) in [4.78, 5) is 0. The highest BCUT2D eigenvalue weighted by atomic mass is 79.9. The molecule has 2 aromatic carbocycles. The second kappa shape index (κ2) is 6.76. The van der Waals surface area contributed by atoms with Crippen molar-refractivity contribution in [1.29, 1.82) is 5.26 Å². The minimum atomic E-state index is -0.361. The van der Waals surface area contributed by atoms with Gasteiger partial charge in [0.2, 0.25) is 11.8 Å². The minimum absolute atomic E-state index is 0.0863. The summed E-state index contributed by atoms with van der Waals surface area (Å²) < 4.78 is 8.52. The van der Waals surface area contributed by atoms with Crippen LogP contribution in [0.3, 0.4) is 0 Å². The molecular weight excluding hydrogens is 428 g/mol. The highest BCUT2D eigenvalue weighted by Gasteiger charge is 2.36. The predicted octanol–water partition coefficient (Wildman–Crippen LogP) is 4.81. The summed E-state index contributed by atoms with van der Waals surface area (Å²) in [5.74, 6) is 0.245. The summed E-state index contributed by atoms with van der Waals surface area (Å²) in [5, 5.41) is 15.0. The zero-order valence-corrected chi connectivity index (χ0v) is 16.6. The third kappa shape index (κ3) is 2.99. The first kappa shape index (κ1) is 17.7. The van der Waals surface area contributed by atoms with Gasteiger partial charge in [0, 0.05) is 9.50 Å². The van der Waals surface area contributed by atoms with Gasteiger partial charge in [-0.05, 0) is 48.9 Å². The number of aromatic nitrogens is 2. The standard InChI is InChI=1S/C20H14BrClN4O/c1-11-17-18(12-2-6-14(22)7-3-12)16(10-23)19(24)27-20(17)26(25-11)15-8-4-13(21)5-9-15/h2-9,18H,24H2,1H3/t18-/m1/s1. The van der Waals surface area contributed by atoms with Gasteiger partial charge < -0.3 is 10.5 Å². The monoisotopic (exact) mass is 440 g/mol. The maximum atomic E-state index is 9.69. The van der Waals surface area contributed by atoms with E-state index in [4.69, 9.17) is 22.1 Å². The van der Waals surface area contributed by atoms with E-state index in [1.165, 1.54) is 0 Å². The Bertz CT molecular complexity index is 1090. The molecule has 2 heterocycles. The Hall–Kier alpha value is -2.75. The van der Waals surface area contributed by atoms with Crippen LogP contribution in [0, 0.1) is 18.3 Å². The van der Waals surface area contributed by atoms with Crippen LogP contribution in [0.2, 0.25) is 5.02 Å². The number of nitriles is 1. The van der Waals surface area contributed by atoms with Crippen LogP contribution < -0.4 is 10.5 Å². The van der Waals surface area contributed by atoms with Crippen molar-refractivity contribution in [2.45, 2.75) is 12.8 Å². The Kier molecular flexibility index (Phi) is 4.42. The van der Waals surface area contributed by atoms with Crippen LogP contribution >= 0.6 is 27.5 Å². The highest BCUT2D eigenvalue weighted by Crippen LogP contribution is 2.44. The van der Waals surface area contributed by atoms with E-state index in [9.17, 15) is 5.26 Å². The first-order valence-corrected chi connectivity index (χ1v) is 9.35. The number of hydrogen-bond acceptors (Lipinski definition) is 4. The molecule has 5 nitrogen and oxygen atoms in total. The summed E-state index contributed by atoms with van der Waals surface area (Å²) in [6.45, 7) is 1.90. The highest BCUT2D eigenvalue weighted by molar-refractivity contribution is 9.10. The third-order valence-electron chi connectivity index (χ3n) is 4.51. The number of ether oxygens (including phenoxy) is 1. The molecule has 3 aromatic rings. The first-order valence-electron chi connectivity index (χ1n) is 8.18. The van der Waals surface area contributed by atoms with E-state index >= 15 is 0 Å². The molecule has 7 heteroatoms. The molecule has 0 saturated heterocycles. The van der Waals surface area contributed by atoms with Gasteiger partial charge in [-0.25, -0.2) is 4.68 Å². The summed E-state index contributed by atoms with van der Waals surface area (Å²) in [6.07, 6.45) is 0. The molecule has 1 atom stereocenters. The molecule has 1 aliphatic heterocycles. The fourth-order valence-electron chi connectivity index (χ4n) is 3.26. The van der Waals surface area contributed by atoms with Crippen molar-refractivity contribution in [1.82, 2.24) is 9.78 Å². The molecule has 0 unspecified atom stereocenters. The lowest BCUT2D eigenvalue weighted by molar-refractivity contribution is 0.367. The van der Waals surface area contributed by atoms with Crippen LogP contribution in [0.5, 0.6) is 5.88 Å². The summed E-state index contributed by atoms with van der Waals surface area (Å²) in [5.41, 5.74) is 9.81. The van der Waals surface area contributed by atoms with E-state index < -0.39 is 0 Å². The lowest BCUT2D eigenvalue weighted by Gasteiger charge is -2.25. The average Bonchev–Trinajstić information content (AvgIpc) is 2.98. The minimum Gasteiger partial charge on any atom is -0.422 e. The van der Waals surface area contributed by atoms with Crippen molar-refractivity contribution in [2.24, 2.45) is 5.73 Å². The van der Waals surface area contributed by atoms with Crippen molar-refractivity contribution in [3.05, 3.63) is 86.3 Å². The number of benzene rings is 2. The largest absolute Gasteiger partial charge is 0.422 e. The van der Waals surface area contributed by atoms with E-state index in [2.05, 4.69) is 27.1 Å². The maximum absolute atomic E-state index is 9.69. The molecule has 0 aliphatic carbocycles. The molecule has 4 rings (SSSR count). The number of nitrogens with two attached hydrogens (primary N) is 1. The molecule has 134 valence electrons. The van der Waals surface area contributed by atoms with Gasteiger partial charge in [0.15, 0.2) is 0 Å². The molecule has 1 aromatic heterocycles. The van der Waals surface area contributed by atoms with E-state index in [0.29, 0.717) is 16.5 Å². The SMILES string of the molecule is Cc1nn(-c2ccc(Br)cc2)c2c1[C@H](c1ccc(Cl)cc1)C(C#N)=C(N)O2. The van der Waals surface area contributed by atoms with Crippen LogP contribution in [0.25, 0.3) is 5.69 Å². The van der Waals surface area contributed by atoms with Gasteiger partial charge in [0.25, 0.3) is 0 Å². The van der Waals surface area contributed by atoms with Gasteiger partial charge >= 0.3 is 0 Å². The number of fused-ring (bicyclic) bond motifs is 1.